The maximum absolute atomic E-state index is 14.1. The van der Waals surface area contributed by atoms with E-state index in [4.69, 9.17) is 4.74 Å². The van der Waals surface area contributed by atoms with Gasteiger partial charge < -0.3 is 9.64 Å². The highest BCUT2D eigenvalue weighted by Crippen LogP contribution is 2.33. The van der Waals surface area contributed by atoms with Crippen LogP contribution in [0.1, 0.15) is 56.2 Å². The number of halogens is 1. The molecule has 0 aromatic heterocycles. The zero-order chi connectivity index (χ0) is 24.2. The van der Waals surface area contributed by atoms with E-state index in [-0.39, 0.29) is 24.1 Å². The van der Waals surface area contributed by atoms with E-state index in [2.05, 4.69) is 35.5 Å². The topological polar surface area (TPSA) is 59.0 Å². The average molecular weight is 475 g/mol. The van der Waals surface area contributed by atoms with E-state index in [0.717, 1.165) is 24.9 Å². The summed E-state index contributed by atoms with van der Waals surface area (Å²) in [6.45, 7) is 6.44. The number of nitrogens with zero attached hydrogens (tertiary/aromatic N) is 2. The monoisotopic (exact) mass is 474 g/mol. The minimum atomic E-state index is -3.79. The van der Waals surface area contributed by atoms with Crippen molar-refractivity contribution in [3.05, 3.63) is 71.0 Å². The number of sulfonamides is 1. The molecule has 0 N–H and O–H groups in total. The zero-order valence-electron chi connectivity index (χ0n) is 20.2. The number of ether oxygens (including phenoxy) is 1. The van der Waals surface area contributed by atoms with Crippen molar-refractivity contribution in [2.75, 3.05) is 20.6 Å². The SMILES string of the molecule is C[C@H](CC1=NS(=O)(=O)[C@H](Cc2ccc(CCCN(C)C)cc2)C(C)(C)O1)c1ccccc1F. The second-order valence-electron chi connectivity index (χ2n) is 9.75. The quantitative estimate of drug-likeness (QED) is 0.515. The molecular weight excluding hydrogens is 439 g/mol. The summed E-state index contributed by atoms with van der Waals surface area (Å²) < 4.78 is 50.4. The van der Waals surface area contributed by atoms with Crippen molar-refractivity contribution in [1.29, 1.82) is 0 Å². The molecular formula is C26H35FN2O3S. The molecule has 3 rings (SSSR count). The van der Waals surface area contributed by atoms with Gasteiger partial charge in [0.15, 0.2) is 0 Å². The van der Waals surface area contributed by atoms with Gasteiger partial charge >= 0.3 is 0 Å². The summed E-state index contributed by atoms with van der Waals surface area (Å²) in [6, 6.07) is 14.6. The summed E-state index contributed by atoms with van der Waals surface area (Å²) >= 11 is 0. The van der Waals surface area contributed by atoms with Crippen LogP contribution in [0.2, 0.25) is 0 Å². The summed E-state index contributed by atoms with van der Waals surface area (Å²) in [5.41, 5.74) is 1.75. The summed E-state index contributed by atoms with van der Waals surface area (Å²) in [6.07, 6.45) is 2.61. The van der Waals surface area contributed by atoms with Gasteiger partial charge in [-0.15, -0.1) is 4.40 Å². The Hall–Kier alpha value is -2.25. The molecule has 0 fully saturated rings. The van der Waals surface area contributed by atoms with E-state index in [1.807, 2.05) is 19.1 Å². The van der Waals surface area contributed by atoms with Gasteiger partial charge in [0.05, 0.1) is 0 Å². The molecule has 0 saturated heterocycles. The number of hydrogen-bond acceptors (Lipinski definition) is 4. The molecule has 1 aliphatic rings. The fourth-order valence-electron chi connectivity index (χ4n) is 4.28. The first-order valence-corrected chi connectivity index (χ1v) is 13.0. The van der Waals surface area contributed by atoms with E-state index >= 15 is 0 Å². The Bertz CT molecular complexity index is 1080. The van der Waals surface area contributed by atoms with Crippen LogP contribution in [0, 0.1) is 5.82 Å². The largest absolute Gasteiger partial charge is 0.473 e. The number of hydrogen-bond donors (Lipinski definition) is 0. The Labute approximate surface area is 197 Å². The number of aryl methyl sites for hydroxylation is 1. The van der Waals surface area contributed by atoms with Crippen LogP contribution in [0.4, 0.5) is 4.39 Å². The maximum Gasteiger partial charge on any atom is 0.263 e. The molecule has 1 heterocycles. The van der Waals surface area contributed by atoms with E-state index in [1.54, 1.807) is 32.0 Å². The van der Waals surface area contributed by atoms with Crippen molar-refractivity contribution in [3.63, 3.8) is 0 Å². The van der Waals surface area contributed by atoms with Gasteiger partial charge in [-0.3, -0.25) is 0 Å². The Kier molecular flexibility index (Phi) is 7.96. The zero-order valence-corrected chi connectivity index (χ0v) is 21.0. The summed E-state index contributed by atoms with van der Waals surface area (Å²) in [5.74, 6) is -0.428. The van der Waals surface area contributed by atoms with Gasteiger partial charge in [0.1, 0.15) is 16.7 Å². The molecule has 2 aromatic carbocycles. The van der Waals surface area contributed by atoms with Crippen LogP contribution in [0.5, 0.6) is 0 Å². The molecule has 180 valence electrons. The van der Waals surface area contributed by atoms with Crippen LogP contribution in [0.3, 0.4) is 0 Å². The first kappa shape index (κ1) is 25.4. The molecule has 7 heteroatoms. The molecule has 0 unspecified atom stereocenters. The van der Waals surface area contributed by atoms with Crippen molar-refractivity contribution in [2.24, 2.45) is 4.40 Å². The molecule has 0 amide bonds. The molecule has 1 aliphatic heterocycles. The van der Waals surface area contributed by atoms with Crippen molar-refractivity contribution in [1.82, 2.24) is 4.90 Å². The molecule has 2 atom stereocenters. The maximum atomic E-state index is 14.1. The van der Waals surface area contributed by atoms with E-state index < -0.39 is 20.9 Å². The minimum absolute atomic E-state index is 0.142. The minimum Gasteiger partial charge on any atom is -0.473 e. The lowest BCUT2D eigenvalue weighted by Crippen LogP contribution is -2.50. The first-order chi connectivity index (χ1) is 15.5. The molecule has 0 aliphatic carbocycles. The molecule has 0 spiro atoms. The second-order valence-corrected chi connectivity index (χ2v) is 11.5. The van der Waals surface area contributed by atoms with Crippen molar-refractivity contribution in [2.45, 2.75) is 63.2 Å². The molecule has 0 radical (unpaired) electrons. The Balaban J connectivity index is 1.71. The number of benzene rings is 2. The van der Waals surface area contributed by atoms with Crippen molar-refractivity contribution in [3.8, 4) is 0 Å². The fourth-order valence-corrected chi connectivity index (χ4v) is 5.98. The van der Waals surface area contributed by atoms with Crippen molar-refractivity contribution < 1.29 is 17.5 Å². The van der Waals surface area contributed by atoms with Crippen LogP contribution < -0.4 is 0 Å². The van der Waals surface area contributed by atoms with Crippen LogP contribution in [-0.2, 0) is 27.6 Å². The molecule has 0 saturated carbocycles. The van der Waals surface area contributed by atoms with Gasteiger partial charge in [-0.25, -0.2) is 12.8 Å². The predicted molar refractivity (Wildman–Crippen MR) is 132 cm³/mol. The average Bonchev–Trinajstić information content (AvgIpc) is 2.71. The van der Waals surface area contributed by atoms with Crippen LogP contribution >= 0.6 is 0 Å². The fraction of sp³-hybridized carbons (Fsp3) is 0.500. The Morgan fingerprint density at radius 2 is 1.73 bits per heavy atom. The highest BCUT2D eigenvalue weighted by molar-refractivity contribution is 7.91. The van der Waals surface area contributed by atoms with Crippen LogP contribution in [-0.4, -0.2) is 50.7 Å². The lowest BCUT2D eigenvalue weighted by atomic mass is 9.95. The van der Waals surface area contributed by atoms with Gasteiger partial charge in [-0.2, -0.15) is 0 Å². The highest BCUT2D eigenvalue weighted by atomic mass is 32.2. The van der Waals surface area contributed by atoms with Gasteiger partial charge in [0.25, 0.3) is 10.0 Å². The van der Waals surface area contributed by atoms with Gasteiger partial charge in [0, 0.05) is 6.42 Å². The molecule has 0 bridgehead atoms. The third-order valence-corrected chi connectivity index (χ3v) is 8.09. The van der Waals surface area contributed by atoms with Crippen LogP contribution in [0.25, 0.3) is 0 Å². The van der Waals surface area contributed by atoms with Gasteiger partial charge in [-0.05, 0) is 82.4 Å². The standard InChI is InChI=1S/C26H35FN2O3S/c1-19(22-10-6-7-11-23(22)27)17-25-28-33(30,31)24(26(2,3)32-25)18-21-14-12-20(13-15-21)9-8-16-29(4)5/h6-7,10-15,19,24H,8-9,16-18H2,1-5H3/t19-,24-/m1/s1. The molecule has 2 aromatic rings. The normalized spacial score (nSPS) is 20.2. The lowest BCUT2D eigenvalue weighted by molar-refractivity contribution is 0.0803. The van der Waals surface area contributed by atoms with Gasteiger partial charge in [0.2, 0.25) is 5.90 Å². The number of rotatable bonds is 9. The molecule has 33 heavy (non-hydrogen) atoms. The van der Waals surface area contributed by atoms with Crippen LogP contribution in [0.15, 0.2) is 52.9 Å². The van der Waals surface area contributed by atoms with Gasteiger partial charge in [-0.1, -0.05) is 49.4 Å². The molecule has 5 nitrogen and oxygen atoms in total. The smallest absolute Gasteiger partial charge is 0.263 e. The van der Waals surface area contributed by atoms with Crippen molar-refractivity contribution >= 4 is 15.9 Å². The summed E-state index contributed by atoms with van der Waals surface area (Å²) in [7, 11) is 0.336. The summed E-state index contributed by atoms with van der Waals surface area (Å²) in [5, 5.41) is -0.794. The highest BCUT2D eigenvalue weighted by Gasteiger charge is 2.46. The Morgan fingerprint density at radius 3 is 2.33 bits per heavy atom. The first-order valence-electron chi connectivity index (χ1n) is 11.5. The van der Waals surface area contributed by atoms with E-state index in [9.17, 15) is 12.8 Å². The Morgan fingerprint density at radius 1 is 1.09 bits per heavy atom. The van der Waals surface area contributed by atoms with E-state index in [0.29, 0.717) is 12.0 Å². The van der Waals surface area contributed by atoms with E-state index in [1.165, 1.54) is 11.6 Å². The predicted octanol–water partition coefficient (Wildman–Crippen LogP) is 4.96. The lowest BCUT2D eigenvalue weighted by Gasteiger charge is -2.37. The second kappa shape index (κ2) is 10.3. The third-order valence-electron chi connectivity index (χ3n) is 6.18. The third kappa shape index (κ3) is 6.64. The summed E-state index contributed by atoms with van der Waals surface area (Å²) in [4.78, 5) is 2.16.